The lowest BCUT2D eigenvalue weighted by molar-refractivity contribution is 0.123. The summed E-state index contributed by atoms with van der Waals surface area (Å²) in [5, 5.41) is 3.51. The summed E-state index contributed by atoms with van der Waals surface area (Å²) in [4.78, 5) is 11.4. The predicted octanol–water partition coefficient (Wildman–Crippen LogP) is 6.33. The van der Waals surface area contributed by atoms with Crippen molar-refractivity contribution in [2.24, 2.45) is 22.9 Å². The zero-order valence-corrected chi connectivity index (χ0v) is 14.2. The fraction of sp³-hybridized carbons (Fsp3) is 1.00. The molecule has 0 aromatic carbocycles. The van der Waals surface area contributed by atoms with E-state index in [1.807, 2.05) is 0 Å². The Labute approximate surface area is 126 Å². The maximum absolute atomic E-state index is 11.4. The van der Waals surface area contributed by atoms with Gasteiger partial charge in [0.2, 0.25) is 0 Å². The average molecular weight is 281 g/mol. The smallest absolute Gasteiger partial charge is 0.100 e. The first kappa shape index (κ1) is 17.7. The summed E-state index contributed by atoms with van der Waals surface area (Å²) in [5.41, 5.74) is -0.401. The molecule has 1 aliphatic carbocycles. The highest BCUT2D eigenvalue weighted by Gasteiger charge is 2.39. The number of rotatable bonds is 6. The van der Waals surface area contributed by atoms with Crippen LogP contribution in [0.4, 0.5) is 0 Å². The molecular weight excluding hydrogens is 246 g/mol. The molecule has 2 heteroatoms. The standard InChI is InChI=1S/C18H35NO/c1-5-12-17(18(3,4)19-20)16-14-11-9-7-8-10-13-15(16)6-2/h15-17H,5-14H2,1-4H3. The van der Waals surface area contributed by atoms with Crippen LogP contribution >= 0.6 is 0 Å². The lowest BCUT2D eigenvalue weighted by Crippen LogP contribution is -2.38. The molecule has 20 heavy (non-hydrogen) atoms. The van der Waals surface area contributed by atoms with E-state index in [4.69, 9.17) is 0 Å². The Morgan fingerprint density at radius 2 is 1.65 bits per heavy atom. The Morgan fingerprint density at radius 1 is 1.05 bits per heavy atom. The van der Waals surface area contributed by atoms with Crippen molar-refractivity contribution in [3.8, 4) is 0 Å². The van der Waals surface area contributed by atoms with Crippen LogP contribution in [0.1, 0.15) is 91.9 Å². The van der Waals surface area contributed by atoms with Gasteiger partial charge in [-0.05, 0) is 44.4 Å². The average Bonchev–Trinajstić information content (AvgIpc) is 2.56. The topological polar surface area (TPSA) is 29.4 Å². The fourth-order valence-electron chi connectivity index (χ4n) is 4.27. The molecule has 0 amide bonds. The second kappa shape index (κ2) is 8.79. The van der Waals surface area contributed by atoms with Gasteiger partial charge in [0.25, 0.3) is 0 Å². The van der Waals surface area contributed by atoms with Gasteiger partial charge in [0.15, 0.2) is 0 Å². The van der Waals surface area contributed by atoms with Gasteiger partial charge in [-0.15, -0.1) is 0 Å². The van der Waals surface area contributed by atoms with Crippen molar-refractivity contribution in [3.05, 3.63) is 4.91 Å². The van der Waals surface area contributed by atoms with Crippen molar-refractivity contribution in [2.75, 3.05) is 0 Å². The summed E-state index contributed by atoms with van der Waals surface area (Å²) in [6.45, 7) is 8.68. The van der Waals surface area contributed by atoms with Gasteiger partial charge in [0.05, 0.1) is 0 Å². The summed E-state index contributed by atoms with van der Waals surface area (Å²) in [6.07, 6.45) is 13.1. The second-order valence-corrected chi connectivity index (χ2v) is 7.32. The molecule has 0 saturated heterocycles. The summed E-state index contributed by atoms with van der Waals surface area (Å²) >= 11 is 0. The molecule has 0 radical (unpaired) electrons. The fourth-order valence-corrected chi connectivity index (χ4v) is 4.27. The highest BCUT2D eigenvalue weighted by Crippen LogP contribution is 2.42. The number of nitrogens with zero attached hydrogens (tertiary/aromatic N) is 1. The maximum atomic E-state index is 11.4. The van der Waals surface area contributed by atoms with Crippen molar-refractivity contribution in [1.82, 2.24) is 0 Å². The minimum atomic E-state index is -0.401. The van der Waals surface area contributed by atoms with Gasteiger partial charge in [-0.25, -0.2) is 0 Å². The third-order valence-electron chi connectivity index (χ3n) is 5.50. The molecule has 0 aliphatic heterocycles. The molecule has 0 N–H and O–H groups in total. The highest BCUT2D eigenvalue weighted by atomic mass is 16.3. The van der Waals surface area contributed by atoms with E-state index in [0.29, 0.717) is 11.8 Å². The molecule has 0 aromatic rings. The zero-order chi connectivity index (χ0) is 15.0. The van der Waals surface area contributed by atoms with E-state index in [1.165, 1.54) is 51.4 Å². The van der Waals surface area contributed by atoms with E-state index in [-0.39, 0.29) is 0 Å². The molecule has 1 fully saturated rings. The zero-order valence-electron chi connectivity index (χ0n) is 14.2. The molecule has 118 valence electrons. The first-order valence-corrected chi connectivity index (χ1v) is 8.91. The van der Waals surface area contributed by atoms with Crippen molar-refractivity contribution in [2.45, 2.75) is 97.4 Å². The van der Waals surface area contributed by atoms with Crippen LogP contribution < -0.4 is 0 Å². The molecular formula is C18H35NO. The molecule has 3 unspecified atom stereocenters. The Morgan fingerprint density at radius 3 is 2.20 bits per heavy atom. The molecule has 2 nitrogen and oxygen atoms in total. The molecule has 0 bridgehead atoms. The third kappa shape index (κ3) is 4.86. The van der Waals surface area contributed by atoms with Crippen LogP contribution in [0, 0.1) is 22.7 Å². The number of hydrogen-bond acceptors (Lipinski definition) is 2. The van der Waals surface area contributed by atoms with Crippen LogP contribution in [0.3, 0.4) is 0 Å². The summed E-state index contributed by atoms with van der Waals surface area (Å²) in [5.74, 6) is 1.96. The predicted molar refractivity (Wildman–Crippen MR) is 87.9 cm³/mol. The van der Waals surface area contributed by atoms with Gasteiger partial charge in [0, 0.05) is 0 Å². The van der Waals surface area contributed by atoms with Crippen LogP contribution in [-0.4, -0.2) is 5.54 Å². The van der Waals surface area contributed by atoms with Crippen molar-refractivity contribution >= 4 is 0 Å². The van der Waals surface area contributed by atoms with E-state index in [0.717, 1.165) is 18.8 Å². The van der Waals surface area contributed by atoms with Crippen LogP contribution in [0.5, 0.6) is 0 Å². The lowest BCUT2D eigenvalue weighted by Gasteiger charge is -2.39. The SMILES string of the molecule is CCCC(C1CCCCCCCC1CC)C(C)(C)N=O. The van der Waals surface area contributed by atoms with E-state index in [9.17, 15) is 4.91 Å². The van der Waals surface area contributed by atoms with Gasteiger partial charge in [-0.2, -0.15) is 4.91 Å². The number of nitroso groups, excluding NO2 is 1. The maximum Gasteiger partial charge on any atom is 0.100 e. The molecule has 0 heterocycles. The molecule has 1 saturated carbocycles. The van der Waals surface area contributed by atoms with Crippen LogP contribution in [0.2, 0.25) is 0 Å². The summed E-state index contributed by atoms with van der Waals surface area (Å²) in [6, 6.07) is 0. The molecule has 0 aromatic heterocycles. The summed E-state index contributed by atoms with van der Waals surface area (Å²) < 4.78 is 0. The van der Waals surface area contributed by atoms with Crippen molar-refractivity contribution in [1.29, 1.82) is 0 Å². The Hall–Kier alpha value is -0.400. The van der Waals surface area contributed by atoms with E-state index >= 15 is 0 Å². The van der Waals surface area contributed by atoms with Crippen molar-refractivity contribution in [3.63, 3.8) is 0 Å². The lowest BCUT2D eigenvalue weighted by atomic mass is 9.67. The minimum Gasteiger partial charge on any atom is -0.150 e. The van der Waals surface area contributed by atoms with Gasteiger partial charge in [-0.1, -0.05) is 70.4 Å². The Balaban J connectivity index is 2.93. The van der Waals surface area contributed by atoms with Gasteiger partial charge in [0.1, 0.15) is 5.54 Å². The van der Waals surface area contributed by atoms with Crippen LogP contribution in [0.15, 0.2) is 5.18 Å². The van der Waals surface area contributed by atoms with Gasteiger partial charge >= 0.3 is 0 Å². The third-order valence-corrected chi connectivity index (χ3v) is 5.50. The minimum absolute atomic E-state index is 0.401. The van der Waals surface area contributed by atoms with Crippen LogP contribution in [0.25, 0.3) is 0 Å². The Bertz CT molecular complexity index is 275. The van der Waals surface area contributed by atoms with E-state index in [1.54, 1.807) is 0 Å². The first-order chi connectivity index (χ1) is 9.56. The monoisotopic (exact) mass is 281 g/mol. The quantitative estimate of drug-likeness (QED) is 0.523. The van der Waals surface area contributed by atoms with Crippen molar-refractivity contribution < 1.29 is 0 Å². The second-order valence-electron chi connectivity index (χ2n) is 7.32. The molecule has 3 atom stereocenters. The Kier molecular flexibility index (Phi) is 7.76. The van der Waals surface area contributed by atoms with Crippen LogP contribution in [-0.2, 0) is 0 Å². The summed E-state index contributed by atoms with van der Waals surface area (Å²) in [7, 11) is 0. The number of hydrogen-bond donors (Lipinski definition) is 0. The van der Waals surface area contributed by atoms with Gasteiger partial charge < -0.3 is 0 Å². The van der Waals surface area contributed by atoms with Gasteiger partial charge in [-0.3, -0.25) is 0 Å². The van der Waals surface area contributed by atoms with E-state index in [2.05, 4.69) is 32.9 Å². The largest absolute Gasteiger partial charge is 0.150 e. The molecule has 0 spiro atoms. The highest BCUT2D eigenvalue weighted by molar-refractivity contribution is 4.92. The molecule has 1 rings (SSSR count). The van der Waals surface area contributed by atoms with E-state index < -0.39 is 5.54 Å². The first-order valence-electron chi connectivity index (χ1n) is 8.91. The normalized spacial score (nSPS) is 27.2. The molecule has 1 aliphatic rings.